The molecule has 0 radical (unpaired) electrons. The van der Waals surface area contributed by atoms with E-state index in [1.165, 1.54) is 0 Å². The van der Waals surface area contributed by atoms with Crippen molar-refractivity contribution in [2.45, 2.75) is 26.2 Å². The van der Waals surface area contributed by atoms with Gasteiger partial charge in [0.05, 0.1) is 5.69 Å². The van der Waals surface area contributed by atoms with Gasteiger partial charge in [-0.3, -0.25) is 0 Å². The van der Waals surface area contributed by atoms with Crippen molar-refractivity contribution in [3.05, 3.63) is 36.0 Å². The molecule has 1 aromatic heterocycles. The molecule has 2 aromatic rings. The van der Waals surface area contributed by atoms with E-state index >= 15 is 0 Å². The number of nitrogen functional groups attached to an aromatic ring is 1. The molecule has 0 bridgehead atoms. The fourth-order valence-corrected chi connectivity index (χ4v) is 1.74. The van der Waals surface area contributed by atoms with Crippen LogP contribution in [-0.2, 0) is 5.41 Å². The molecule has 0 saturated carbocycles. The fraction of sp³-hybridized carbons (Fsp3) is 0.308. The molecule has 0 unspecified atom stereocenters. The third kappa shape index (κ3) is 1.94. The quantitative estimate of drug-likeness (QED) is 0.768. The highest BCUT2D eigenvalue weighted by atomic mass is 15.0. The van der Waals surface area contributed by atoms with Gasteiger partial charge in [0, 0.05) is 16.7 Å². The normalized spacial score (nSPS) is 11.7. The van der Waals surface area contributed by atoms with Crippen LogP contribution >= 0.6 is 0 Å². The van der Waals surface area contributed by atoms with Crippen molar-refractivity contribution in [3.63, 3.8) is 0 Å². The van der Waals surface area contributed by atoms with Crippen LogP contribution in [0.15, 0.2) is 30.3 Å². The molecule has 3 heteroatoms. The molecular formula is C13H17N3. The summed E-state index contributed by atoms with van der Waals surface area (Å²) < 4.78 is 0. The number of rotatable bonds is 1. The van der Waals surface area contributed by atoms with Crippen LogP contribution in [-0.4, -0.2) is 9.97 Å². The molecule has 1 aromatic carbocycles. The van der Waals surface area contributed by atoms with E-state index in [1.54, 1.807) is 0 Å². The summed E-state index contributed by atoms with van der Waals surface area (Å²) in [5, 5.41) is 0. The van der Waals surface area contributed by atoms with E-state index in [0.29, 0.717) is 5.95 Å². The van der Waals surface area contributed by atoms with Gasteiger partial charge in [-0.15, -0.1) is 0 Å². The number of aromatic amines is 1. The number of imidazole rings is 1. The number of benzene rings is 1. The number of aromatic nitrogens is 2. The Hall–Kier alpha value is -1.77. The second-order valence-electron chi connectivity index (χ2n) is 4.96. The van der Waals surface area contributed by atoms with Gasteiger partial charge in [-0.2, -0.15) is 0 Å². The standard InChI is InChI=1S/C13H17N3/c1-13(2,3)11-10(15-12(14)16-11)9-7-5-4-6-8-9/h4-8H,1-3H3,(H3,14,15,16). The van der Waals surface area contributed by atoms with Gasteiger partial charge < -0.3 is 10.7 Å². The average Bonchev–Trinajstić information content (AvgIpc) is 2.61. The Bertz CT molecular complexity index is 478. The highest BCUT2D eigenvalue weighted by Gasteiger charge is 2.22. The lowest BCUT2D eigenvalue weighted by Gasteiger charge is -2.18. The van der Waals surface area contributed by atoms with Crippen molar-refractivity contribution in [1.29, 1.82) is 0 Å². The van der Waals surface area contributed by atoms with Crippen LogP contribution in [0.25, 0.3) is 11.3 Å². The number of hydrogen-bond donors (Lipinski definition) is 2. The van der Waals surface area contributed by atoms with Crippen LogP contribution in [0.5, 0.6) is 0 Å². The first-order valence-electron chi connectivity index (χ1n) is 5.40. The van der Waals surface area contributed by atoms with E-state index in [2.05, 4.69) is 30.7 Å². The Morgan fingerprint density at radius 2 is 1.75 bits per heavy atom. The van der Waals surface area contributed by atoms with E-state index in [1.807, 2.05) is 30.3 Å². The van der Waals surface area contributed by atoms with E-state index in [4.69, 9.17) is 5.73 Å². The summed E-state index contributed by atoms with van der Waals surface area (Å²) in [6.07, 6.45) is 0. The summed E-state index contributed by atoms with van der Waals surface area (Å²) in [6, 6.07) is 10.1. The largest absolute Gasteiger partial charge is 0.369 e. The number of nitrogens with one attached hydrogen (secondary N) is 1. The molecule has 0 aliphatic carbocycles. The molecule has 3 N–H and O–H groups in total. The van der Waals surface area contributed by atoms with Gasteiger partial charge in [0.1, 0.15) is 0 Å². The van der Waals surface area contributed by atoms with E-state index in [9.17, 15) is 0 Å². The van der Waals surface area contributed by atoms with Crippen molar-refractivity contribution in [2.75, 3.05) is 5.73 Å². The summed E-state index contributed by atoms with van der Waals surface area (Å²) in [5.74, 6) is 0.476. The lowest BCUT2D eigenvalue weighted by Crippen LogP contribution is -2.13. The summed E-state index contributed by atoms with van der Waals surface area (Å²) in [4.78, 5) is 7.52. The van der Waals surface area contributed by atoms with Crippen LogP contribution in [0.1, 0.15) is 26.5 Å². The highest BCUT2D eigenvalue weighted by molar-refractivity contribution is 5.64. The maximum atomic E-state index is 5.75. The molecule has 0 fully saturated rings. The fourth-order valence-electron chi connectivity index (χ4n) is 1.74. The predicted octanol–water partition coefficient (Wildman–Crippen LogP) is 2.96. The summed E-state index contributed by atoms with van der Waals surface area (Å²) >= 11 is 0. The maximum Gasteiger partial charge on any atom is 0.198 e. The van der Waals surface area contributed by atoms with Crippen molar-refractivity contribution in [1.82, 2.24) is 9.97 Å². The first kappa shape index (κ1) is 10.7. The topological polar surface area (TPSA) is 54.7 Å². The van der Waals surface area contributed by atoms with Crippen LogP contribution in [0.3, 0.4) is 0 Å². The predicted molar refractivity (Wildman–Crippen MR) is 67.1 cm³/mol. The minimum absolute atomic E-state index is 0.00972. The first-order valence-corrected chi connectivity index (χ1v) is 5.40. The van der Waals surface area contributed by atoms with Gasteiger partial charge in [-0.05, 0) is 0 Å². The summed E-state index contributed by atoms with van der Waals surface area (Å²) in [7, 11) is 0. The van der Waals surface area contributed by atoms with Crippen molar-refractivity contribution < 1.29 is 0 Å². The minimum atomic E-state index is 0.00972. The van der Waals surface area contributed by atoms with Gasteiger partial charge >= 0.3 is 0 Å². The van der Waals surface area contributed by atoms with Crippen LogP contribution in [0, 0.1) is 0 Å². The first-order chi connectivity index (χ1) is 7.48. The van der Waals surface area contributed by atoms with Crippen molar-refractivity contribution >= 4 is 5.95 Å². The third-order valence-corrected chi connectivity index (χ3v) is 2.52. The summed E-state index contributed by atoms with van der Waals surface area (Å²) in [6.45, 7) is 6.44. The third-order valence-electron chi connectivity index (χ3n) is 2.52. The van der Waals surface area contributed by atoms with Gasteiger partial charge in [0.25, 0.3) is 0 Å². The Kier molecular flexibility index (Phi) is 2.46. The molecule has 3 nitrogen and oxygen atoms in total. The molecule has 0 amide bonds. The van der Waals surface area contributed by atoms with Gasteiger partial charge in [0.2, 0.25) is 0 Å². The zero-order chi connectivity index (χ0) is 11.8. The second kappa shape index (κ2) is 3.67. The van der Waals surface area contributed by atoms with Crippen LogP contribution in [0.4, 0.5) is 5.95 Å². The molecule has 0 spiro atoms. The molecule has 0 aliphatic heterocycles. The maximum absolute atomic E-state index is 5.75. The zero-order valence-electron chi connectivity index (χ0n) is 9.91. The van der Waals surface area contributed by atoms with Gasteiger partial charge in [-0.25, -0.2) is 4.98 Å². The van der Waals surface area contributed by atoms with Crippen LogP contribution < -0.4 is 5.73 Å². The molecular weight excluding hydrogens is 198 g/mol. The molecule has 0 aliphatic rings. The number of nitrogens with zero attached hydrogens (tertiary/aromatic N) is 1. The molecule has 84 valence electrons. The molecule has 1 heterocycles. The Labute approximate surface area is 95.7 Å². The van der Waals surface area contributed by atoms with Gasteiger partial charge in [0.15, 0.2) is 5.95 Å². The van der Waals surface area contributed by atoms with Crippen molar-refractivity contribution in [2.24, 2.45) is 0 Å². The molecule has 0 saturated heterocycles. The monoisotopic (exact) mass is 215 g/mol. The van der Waals surface area contributed by atoms with E-state index in [0.717, 1.165) is 17.0 Å². The Balaban J connectivity index is 2.58. The molecule has 2 rings (SSSR count). The number of nitrogens with two attached hydrogens (primary N) is 1. The average molecular weight is 215 g/mol. The highest BCUT2D eigenvalue weighted by Crippen LogP contribution is 2.31. The van der Waals surface area contributed by atoms with E-state index < -0.39 is 0 Å². The lowest BCUT2D eigenvalue weighted by molar-refractivity contribution is 0.574. The SMILES string of the molecule is CC(C)(C)c1[nH]c(N)nc1-c1ccccc1. The van der Waals surface area contributed by atoms with Crippen LogP contribution in [0.2, 0.25) is 0 Å². The van der Waals surface area contributed by atoms with Gasteiger partial charge in [-0.1, -0.05) is 51.1 Å². The summed E-state index contributed by atoms with van der Waals surface area (Å²) in [5.41, 5.74) is 8.88. The smallest absolute Gasteiger partial charge is 0.198 e. The lowest BCUT2D eigenvalue weighted by atomic mass is 9.89. The van der Waals surface area contributed by atoms with Crippen molar-refractivity contribution in [3.8, 4) is 11.3 Å². The minimum Gasteiger partial charge on any atom is -0.369 e. The molecule has 16 heavy (non-hydrogen) atoms. The number of anilines is 1. The zero-order valence-corrected chi connectivity index (χ0v) is 9.91. The number of H-pyrrole nitrogens is 1. The number of hydrogen-bond acceptors (Lipinski definition) is 2. The Morgan fingerprint density at radius 1 is 1.12 bits per heavy atom. The second-order valence-corrected chi connectivity index (χ2v) is 4.96. The van der Waals surface area contributed by atoms with E-state index in [-0.39, 0.29) is 5.41 Å². The molecule has 0 atom stereocenters. The Morgan fingerprint density at radius 3 is 2.31 bits per heavy atom.